The van der Waals surface area contributed by atoms with Crippen molar-refractivity contribution in [1.29, 1.82) is 0 Å². The zero-order valence-corrected chi connectivity index (χ0v) is 9.29. The molecule has 0 saturated carbocycles. The minimum Gasteiger partial charge on any atom is -0.383 e. The fraction of sp³-hybridized carbons (Fsp3) is 0.182. The van der Waals surface area contributed by atoms with E-state index in [4.69, 9.17) is 5.73 Å². The first-order valence-electron chi connectivity index (χ1n) is 4.95. The Hall–Kier alpha value is -2.05. The third-order valence-corrected chi connectivity index (χ3v) is 2.57. The molecule has 0 aliphatic heterocycles. The van der Waals surface area contributed by atoms with E-state index in [0.717, 1.165) is 12.1 Å². The van der Waals surface area contributed by atoms with Gasteiger partial charge in [-0.3, -0.25) is 4.68 Å². The SMILES string of the molecule is Cn1ncc(-c2ccc(C(F)(F)F)cc2F)c1N. The van der Waals surface area contributed by atoms with Crippen molar-refractivity contribution in [2.24, 2.45) is 7.05 Å². The number of hydrogen-bond acceptors (Lipinski definition) is 2. The summed E-state index contributed by atoms with van der Waals surface area (Å²) in [6.45, 7) is 0. The van der Waals surface area contributed by atoms with Crippen molar-refractivity contribution < 1.29 is 17.6 Å². The van der Waals surface area contributed by atoms with E-state index in [0.29, 0.717) is 6.07 Å². The van der Waals surface area contributed by atoms with Gasteiger partial charge in [-0.05, 0) is 12.1 Å². The second-order valence-corrected chi connectivity index (χ2v) is 3.76. The second-order valence-electron chi connectivity index (χ2n) is 3.76. The summed E-state index contributed by atoms with van der Waals surface area (Å²) in [6, 6.07) is 2.30. The van der Waals surface area contributed by atoms with Crippen LogP contribution in [-0.4, -0.2) is 9.78 Å². The van der Waals surface area contributed by atoms with Gasteiger partial charge in [-0.1, -0.05) is 6.07 Å². The average Bonchev–Trinajstić information content (AvgIpc) is 2.59. The number of anilines is 1. The van der Waals surface area contributed by atoms with Crippen LogP contribution in [0.1, 0.15) is 5.56 Å². The fourth-order valence-corrected chi connectivity index (χ4v) is 1.56. The number of halogens is 4. The standard InChI is InChI=1S/C11H9F4N3/c1-18-10(16)8(5-17-18)7-3-2-6(4-9(7)12)11(13,14)15/h2-5H,16H2,1H3. The van der Waals surface area contributed by atoms with Crippen LogP contribution in [0.15, 0.2) is 24.4 Å². The van der Waals surface area contributed by atoms with Gasteiger partial charge in [0.15, 0.2) is 0 Å². The lowest BCUT2D eigenvalue weighted by molar-refractivity contribution is -0.137. The number of rotatable bonds is 1. The minimum absolute atomic E-state index is 0.00593. The fourth-order valence-electron chi connectivity index (χ4n) is 1.56. The van der Waals surface area contributed by atoms with E-state index < -0.39 is 17.6 Å². The molecule has 7 heteroatoms. The summed E-state index contributed by atoms with van der Waals surface area (Å²) < 4.78 is 52.1. The number of hydrogen-bond donors (Lipinski definition) is 1. The van der Waals surface area contributed by atoms with E-state index in [2.05, 4.69) is 5.10 Å². The summed E-state index contributed by atoms with van der Waals surface area (Å²) in [5.41, 5.74) is 4.86. The van der Waals surface area contributed by atoms with Gasteiger partial charge >= 0.3 is 6.18 Å². The summed E-state index contributed by atoms with van der Waals surface area (Å²) in [7, 11) is 1.56. The first-order valence-corrected chi connectivity index (χ1v) is 4.95. The zero-order valence-electron chi connectivity index (χ0n) is 9.29. The van der Waals surface area contributed by atoms with Crippen LogP contribution >= 0.6 is 0 Å². The van der Waals surface area contributed by atoms with Crippen molar-refractivity contribution >= 4 is 5.82 Å². The molecular formula is C11H9F4N3. The van der Waals surface area contributed by atoms with Crippen LogP contribution < -0.4 is 5.73 Å². The predicted molar refractivity (Wildman–Crippen MR) is 58.0 cm³/mol. The molecule has 1 aromatic carbocycles. The number of nitrogens with two attached hydrogens (primary N) is 1. The predicted octanol–water partition coefficient (Wildman–Crippen LogP) is 2.83. The largest absolute Gasteiger partial charge is 0.416 e. The lowest BCUT2D eigenvalue weighted by Gasteiger charge is -2.08. The lowest BCUT2D eigenvalue weighted by Crippen LogP contribution is -2.05. The molecule has 2 N–H and O–H groups in total. The molecule has 0 atom stereocenters. The maximum absolute atomic E-state index is 13.7. The van der Waals surface area contributed by atoms with Gasteiger partial charge in [0.1, 0.15) is 11.6 Å². The molecule has 0 saturated heterocycles. The molecule has 0 amide bonds. The van der Waals surface area contributed by atoms with E-state index in [1.54, 1.807) is 7.05 Å². The second kappa shape index (κ2) is 4.01. The third-order valence-electron chi connectivity index (χ3n) is 2.57. The van der Waals surface area contributed by atoms with Crippen LogP contribution in [0.2, 0.25) is 0 Å². The van der Waals surface area contributed by atoms with Gasteiger partial charge in [0.25, 0.3) is 0 Å². The maximum atomic E-state index is 13.7. The van der Waals surface area contributed by atoms with Gasteiger partial charge in [-0.2, -0.15) is 18.3 Å². The Morgan fingerprint density at radius 2 is 1.89 bits per heavy atom. The number of aryl methyl sites for hydroxylation is 1. The Morgan fingerprint density at radius 3 is 2.33 bits per heavy atom. The molecular weight excluding hydrogens is 250 g/mol. The van der Waals surface area contributed by atoms with Crippen molar-refractivity contribution in [2.45, 2.75) is 6.18 Å². The monoisotopic (exact) mass is 259 g/mol. The highest BCUT2D eigenvalue weighted by Gasteiger charge is 2.31. The van der Waals surface area contributed by atoms with E-state index in [1.165, 1.54) is 10.9 Å². The summed E-state index contributed by atoms with van der Waals surface area (Å²) in [5.74, 6) is -0.793. The maximum Gasteiger partial charge on any atom is 0.416 e. The van der Waals surface area contributed by atoms with Gasteiger partial charge < -0.3 is 5.73 Å². The van der Waals surface area contributed by atoms with E-state index >= 15 is 0 Å². The molecule has 1 heterocycles. The van der Waals surface area contributed by atoms with Gasteiger partial charge in [0, 0.05) is 18.2 Å². The molecule has 2 rings (SSSR count). The van der Waals surface area contributed by atoms with E-state index in [9.17, 15) is 17.6 Å². The Kier molecular flexibility index (Phi) is 2.76. The number of benzene rings is 1. The van der Waals surface area contributed by atoms with Gasteiger partial charge in [-0.15, -0.1) is 0 Å². The molecule has 0 spiro atoms. The molecule has 0 fully saturated rings. The van der Waals surface area contributed by atoms with Crippen molar-refractivity contribution in [3.05, 3.63) is 35.8 Å². The van der Waals surface area contributed by atoms with Crippen molar-refractivity contribution in [3.63, 3.8) is 0 Å². The van der Waals surface area contributed by atoms with Crippen molar-refractivity contribution in [1.82, 2.24) is 9.78 Å². The number of aromatic nitrogens is 2. The smallest absolute Gasteiger partial charge is 0.383 e. The van der Waals surface area contributed by atoms with Crippen LogP contribution in [0, 0.1) is 5.82 Å². The van der Waals surface area contributed by atoms with Crippen LogP contribution in [0.25, 0.3) is 11.1 Å². The molecule has 0 aliphatic carbocycles. The first kappa shape index (κ1) is 12.4. The number of alkyl halides is 3. The topological polar surface area (TPSA) is 43.8 Å². The summed E-state index contributed by atoms with van der Waals surface area (Å²) >= 11 is 0. The molecule has 0 unspecified atom stereocenters. The Morgan fingerprint density at radius 1 is 1.22 bits per heavy atom. The Balaban J connectivity index is 2.52. The summed E-state index contributed by atoms with van der Waals surface area (Å²) in [6.07, 6.45) is -3.26. The average molecular weight is 259 g/mol. The van der Waals surface area contributed by atoms with Crippen molar-refractivity contribution in [3.8, 4) is 11.1 Å². The molecule has 2 aromatic rings. The third kappa shape index (κ3) is 2.03. The van der Waals surface area contributed by atoms with Crippen molar-refractivity contribution in [2.75, 3.05) is 5.73 Å². The quantitative estimate of drug-likeness (QED) is 0.800. The van der Waals surface area contributed by atoms with Gasteiger partial charge in [0.05, 0.1) is 11.8 Å². The molecule has 3 nitrogen and oxygen atoms in total. The number of nitrogen functional groups attached to an aromatic ring is 1. The number of nitrogens with zero attached hydrogens (tertiary/aromatic N) is 2. The molecule has 96 valence electrons. The molecule has 1 aromatic heterocycles. The minimum atomic E-state index is -4.57. The highest BCUT2D eigenvalue weighted by atomic mass is 19.4. The summed E-state index contributed by atoms with van der Waals surface area (Å²) in [4.78, 5) is 0. The molecule has 18 heavy (non-hydrogen) atoms. The normalized spacial score (nSPS) is 11.8. The first-order chi connectivity index (χ1) is 8.30. The van der Waals surface area contributed by atoms with Crippen LogP contribution in [0.5, 0.6) is 0 Å². The molecule has 0 aliphatic rings. The molecule has 0 radical (unpaired) electrons. The zero-order chi connectivity index (χ0) is 13.5. The van der Waals surface area contributed by atoms with Crippen LogP contribution in [0.4, 0.5) is 23.4 Å². The Bertz CT molecular complexity index is 586. The van der Waals surface area contributed by atoms with Crippen LogP contribution in [0.3, 0.4) is 0 Å². The van der Waals surface area contributed by atoms with Crippen LogP contribution in [-0.2, 0) is 13.2 Å². The van der Waals surface area contributed by atoms with E-state index in [1.807, 2.05) is 0 Å². The summed E-state index contributed by atoms with van der Waals surface area (Å²) in [5, 5.41) is 3.81. The Labute approximate surface area is 99.8 Å². The van der Waals surface area contributed by atoms with E-state index in [-0.39, 0.29) is 16.9 Å². The highest BCUT2D eigenvalue weighted by Crippen LogP contribution is 2.34. The van der Waals surface area contributed by atoms with Gasteiger partial charge in [-0.25, -0.2) is 4.39 Å². The highest BCUT2D eigenvalue weighted by molar-refractivity contribution is 5.74. The van der Waals surface area contributed by atoms with Gasteiger partial charge in [0.2, 0.25) is 0 Å². The molecule has 0 bridgehead atoms. The lowest BCUT2D eigenvalue weighted by atomic mass is 10.1.